The molecule has 0 fully saturated rings. The SMILES string of the molecule is CCN=C(C)NC=C(C)C. The first-order valence-corrected chi connectivity index (χ1v) is 3.57. The van der Waals surface area contributed by atoms with Gasteiger partial charge in [-0.25, -0.2) is 0 Å². The maximum atomic E-state index is 4.16. The number of rotatable bonds is 2. The monoisotopic (exact) mass is 140 g/mol. The van der Waals surface area contributed by atoms with Crippen LogP contribution in [0.25, 0.3) is 0 Å². The van der Waals surface area contributed by atoms with Gasteiger partial charge in [0.15, 0.2) is 0 Å². The van der Waals surface area contributed by atoms with Crippen molar-refractivity contribution < 1.29 is 0 Å². The van der Waals surface area contributed by atoms with E-state index in [2.05, 4.69) is 10.3 Å². The fourth-order valence-electron chi connectivity index (χ4n) is 0.532. The van der Waals surface area contributed by atoms with Gasteiger partial charge in [0.05, 0.1) is 5.84 Å². The molecule has 0 saturated heterocycles. The smallest absolute Gasteiger partial charge is 0.0970 e. The molecule has 0 spiro atoms. The molecule has 0 aromatic rings. The maximum absolute atomic E-state index is 4.16. The van der Waals surface area contributed by atoms with Gasteiger partial charge in [0.2, 0.25) is 0 Å². The predicted molar refractivity (Wildman–Crippen MR) is 46.2 cm³/mol. The van der Waals surface area contributed by atoms with Crippen LogP contribution in [0, 0.1) is 0 Å². The largest absolute Gasteiger partial charge is 0.351 e. The van der Waals surface area contributed by atoms with Crippen LogP contribution in [0.15, 0.2) is 16.8 Å². The van der Waals surface area contributed by atoms with E-state index in [4.69, 9.17) is 0 Å². The first kappa shape index (κ1) is 9.21. The van der Waals surface area contributed by atoms with Crippen molar-refractivity contribution in [3.05, 3.63) is 11.8 Å². The third-order valence-corrected chi connectivity index (χ3v) is 0.965. The molecule has 2 heteroatoms. The molecule has 2 nitrogen and oxygen atoms in total. The first-order chi connectivity index (χ1) is 4.66. The van der Waals surface area contributed by atoms with E-state index in [1.165, 1.54) is 5.57 Å². The van der Waals surface area contributed by atoms with Gasteiger partial charge in [-0.3, -0.25) is 4.99 Å². The molecule has 0 saturated carbocycles. The molecule has 0 rings (SSSR count). The van der Waals surface area contributed by atoms with Gasteiger partial charge in [-0.15, -0.1) is 0 Å². The molecule has 0 unspecified atom stereocenters. The topological polar surface area (TPSA) is 24.4 Å². The van der Waals surface area contributed by atoms with Crippen molar-refractivity contribution in [1.82, 2.24) is 5.32 Å². The lowest BCUT2D eigenvalue weighted by Crippen LogP contribution is -2.13. The summed E-state index contributed by atoms with van der Waals surface area (Å²) in [6, 6.07) is 0. The van der Waals surface area contributed by atoms with Gasteiger partial charge < -0.3 is 5.32 Å². The number of hydrogen-bond acceptors (Lipinski definition) is 1. The van der Waals surface area contributed by atoms with Gasteiger partial charge >= 0.3 is 0 Å². The number of aliphatic imine (C=N–C) groups is 1. The third kappa shape index (κ3) is 5.35. The fraction of sp³-hybridized carbons (Fsp3) is 0.625. The molecule has 0 atom stereocenters. The van der Waals surface area contributed by atoms with E-state index in [1.54, 1.807) is 0 Å². The minimum Gasteiger partial charge on any atom is -0.351 e. The van der Waals surface area contributed by atoms with Crippen molar-refractivity contribution in [2.75, 3.05) is 6.54 Å². The molecule has 0 heterocycles. The molecule has 0 bridgehead atoms. The van der Waals surface area contributed by atoms with Gasteiger partial charge in [-0.2, -0.15) is 0 Å². The Morgan fingerprint density at radius 2 is 2.00 bits per heavy atom. The zero-order valence-corrected chi connectivity index (χ0v) is 7.23. The van der Waals surface area contributed by atoms with E-state index in [0.29, 0.717) is 0 Å². The molecule has 0 radical (unpaired) electrons. The van der Waals surface area contributed by atoms with Gasteiger partial charge in [-0.05, 0) is 27.7 Å². The Morgan fingerprint density at radius 1 is 1.40 bits per heavy atom. The molecule has 0 aliphatic heterocycles. The molecule has 0 aromatic heterocycles. The van der Waals surface area contributed by atoms with Gasteiger partial charge in [0.25, 0.3) is 0 Å². The summed E-state index contributed by atoms with van der Waals surface area (Å²) >= 11 is 0. The average molecular weight is 140 g/mol. The Morgan fingerprint density at radius 3 is 2.40 bits per heavy atom. The van der Waals surface area contributed by atoms with E-state index < -0.39 is 0 Å². The zero-order chi connectivity index (χ0) is 7.98. The number of nitrogens with zero attached hydrogens (tertiary/aromatic N) is 1. The highest BCUT2D eigenvalue weighted by Gasteiger charge is 1.81. The van der Waals surface area contributed by atoms with E-state index in [-0.39, 0.29) is 0 Å². The van der Waals surface area contributed by atoms with Crippen LogP contribution < -0.4 is 5.32 Å². The van der Waals surface area contributed by atoms with Crippen LogP contribution in [0.3, 0.4) is 0 Å². The van der Waals surface area contributed by atoms with Crippen molar-refractivity contribution >= 4 is 5.84 Å². The van der Waals surface area contributed by atoms with Crippen LogP contribution in [0.5, 0.6) is 0 Å². The molecule has 10 heavy (non-hydrogen) atoms. The van der Waals surface area contributed by atoms with Crippen LogP contribution >= 0.6 is 0 Å². The second-order valence-electron chi connectivity index (χ2n) is 2.43. The Bertz CT molecular complexity index is 141. The van der Waals surface area contributed by atoms with Gasteiger partial charge in [0.1, 0.15) is 0 Å². The first-order valence-electron chi connectivity index (χ1n) is 3.57. The van der Waals surface area contributed by atoms with E-state index >= 15 is 0 Å². The Kier molecular flexibility index (Phi) is 4.63. The predicted octanol–water partition coefficient (Wildman–Crippen LogP) is 1.94. The van der Waals surface area contributed by atoms with E-state index in [9.17, 15) is 0 Å². The van der Waals surface area contributed by atoms with Gasteiger partial charge in [-0.1, -0.05) is 5.57 Å². The molecule has 0 aromatic carbocycles. The maximum Gasteiger partial charge on any atom is 0.0970 e. The molecular formula is C8H16N2. The van der Waals surface area contributed by atoms with Crippen LogP contribution in [0.4, 0.5) is 0 Å². The van der Waals surface area contributed by atoms with Crippen molar-refractivity contribution in [3.63, 3.8) is 0 Å². The van der Waals surface area contributed by atoms with E-state index in [1.807, 2.05) is 33.9 Å². The van der Waals surface area contributed by atoms with Gasteiger partial charge in [0, 0.05) is 12.7 Å². The molecule has 58 valence electrons. The van der Waals surface area contributed by atoms with Crippen LogP contribution in [0.2, 0.25) is 0 Å². The quantitative estimate of drug-likeness (QED) is 0.460. The summed E-state index contributed by atoms with van der Waals surface area (Å²) in [4.78, 5) is 4.16. The summed E-state index contributed by atoms with van der Waals surface area (Å²) in [7, 11) is 0. The van der Waals surface area contributed by atoms with Crippen LogP contribution in [-0.4, -0.2) is 12.4 Å². The molecular weight excluding hydrogens is 124 g/mol. The lowest BCUT2D eigenvalue weighted by atomic mass is 10.4. The van der Waals surface area contributed by atoms with Crippen molar-refractivity contribution in [1.29, 1.82) is 0 Å². The van der Waals surface area contributed by atoms with Crippen molar-refractivity contribution in [3.8, 4) is 0 Å². The number of hydrogen-bond donors (Lipinski definition) is 1. The summed E-state index contributed by atoms with van der Waals surface area (Å²) in [6.45, 7) is 8.92. The molecule has 1 N–H and O–H groups in total. The number of allylic oxidation sites excluding steroid dienone is 1. The van der Waals surface area contributed by atoms with Crippen molar-refractivity contribution in [2.45, 2.75) is 27.7 Å². The summed E-state index contributed by atoms with van der Waals surface area (Å²) in [5, 5.41) is 3.07. The minimum atomic E-state index is 0.843. The normalized spacial score (nSPS) is 11.0. The third-order valence-electron chi connectivity index (χ3n) is 0.965. The standard InChI is InChI=1S/C8H16N2/c1-5-9-8(4)10-6-7(2)3/h6H,5H2,1-4H3,(H,9,10). The van der Waals surface area contributed by atoms with Crippen LogP contribution in [-0.2, 0) is 0 Å². The highest BCUT2D eigenvalue weighted by Crippen LogP contribution is 1.84. The molecule has 0 aliphatic carbocycles. The second kappa shape index (κ2) is 5.03. The summed E-state index contributed by atoms with van der Waals surface area (Å²) < 4.78 is 0. The number of nitrogens with one attached hydrogen (secondary N) is 1. The highest BCUT2D eigenvalue weighted by atomic mass is 15.0. The van der Waals surface area contributed by atoms with Crippen molar-refractivity contribution in [2.24, 2.45) is 4.99 Å². The average Bonchev–Trinajstić information content (AvgIpc) is 1.85. The lowest BCUT2D eigenvalue weighted by molar-refractivity contribution is 1.08. The lowest BCUT2D eigenvalue weighted by Gasteiger charge is -1.98. The van der Waals surface area contributed by atoms with Crippen LogP contribution in [0.1, 0.15) is 27.7 Å². The highest BCUT2D eigenvalue weighted by molar-refractivity contribution is 5.80. The molecule has 0 aliphatic rings. The number of amidine groups is 1. The summed E-state index contributed by atoms with van der Waals surface area (Å²) in [5.41, 5.74) is 1.26. The fourth-order valence-corrected chi connectivity index (χ4v) is 0.532. The zero-order valence-electron chi connectivity index (χ0n) is 7.23. The summed E-state index contributed by atoms with van der Waals surface area (Å²) in [5.74, 6) is 0.976. The summed E-state index contributed by atoms with van der Waals surface area (Å²) in [6.07, 6.45) is 1.95. The second-order valence-corrected chi connectivity index (χ2v) is 2.43. The Labute approximate surface area is 63.0 Å². The van der Waals surface area contributed by atoms with E-state index in [0.717, 1.165) is 12.4 Å². The molecule has 0 amide bonds. The minimum absolute atomic E-state index is 0.843. The Hall–Kier alpha value is -0.790. The Balaban J connectivity index is 3.69.